The van der Waals surface area contributed by atoms with Gasteiger partial charge in [-0.3, -0.25) is 4.79 Å². The Morgan fingerprint density at radius 1 is 1.17 bits per heavy atom. The van der Waals surface area contributed by atoms with Gasteiger partial charge in [0.2, 0.25) is 5.91 Å². The highest BCUT2D eigenvalue weighted by atomic mass is 16.3. The number of phenols is 1. The van der Waals surface area contributed by atoms with Crippen molar-refractivity contribution in [3.8, 4) is 5.75 Å². The van der Waals surface area contributed by atoms with E-state index in [0.717, 1.165) is 12.0 Å². The summed E-state index contributed by atoms with van der Waals surface area (Å²) < 4.78 is 31.0. The van der Waals surface area contributed by atoms with Gasteiger partial charge in [0, 0.05) is 11.8 Å². The van der Waals surface area contributed by atoms with Crippen LogP contribution in [0, 0.1) is 5.41 Å². The summed E-state index contributed by atoms with van der Waals surface area (Å²) in [5.41, 5.74) is 4.52. The molecule has 2 rings (SSSR count). The zero-order valence-corrected chi connectivity index (χ0v) is 17.9. The molecule has 0 spiro atoms. The van der Waals surface area contributed by atoms with E-state index >= 15 is 0 Å². The first-order valence-corrected chi connectivity index (χ1v) is 9.87. The predicted octanol–water partition coefficient (Wildman–Crippen LogP) is 6.86. The number of carbonyl (C=O) groups is 1. The lowest BCUT2D eigenvalue weighted by atomic mass is 9.72. The smallest absolute Gasteiger partial charge is 0.248 e. The fourth-order valence-electron chi connectivity index (χ4n) is 3.41. The molecule has 0 atom stereocenters. The lowest BCUT2D eigenvalue weighted by molar-refractivity contribution is -0.111. The number of nitrogens with one attached hydrogen (secondary N) is 1. The molecule has 0 unspecified atom stereocenters. The molecule has 0 saturated carbocycles. The number of phenolic OH excluding ortho intramolecular Hbond substituents is 1. The Morgan fingerprint density at radius 2 is 1.86 bits per heavy atom. The minimum Gasteiger partial charge on any atom is -0.508 e. The monoisotopic (exact) mass is 395 g/mol. The Labute approximate surface area is 180 Å². The van der Waals surface area contributed by atoms with Gasteiger partial charge in [-0.05, 0) is 80.8 Å². The first kappa shape index (κ1) is 17.1. The minimum absolute atomic E-state index is 0.193. The molecule has 0 saturated heterocycles. The van der Waals surface area contributed by atoms with E-state index in [9.17, 15) is 9.90 Å². The van der Waals surface area contributed by atoms with Crippen molar-refractivity contribution in [3.63, 3.8) is 0 Å². The standard InChI is InChI=1S/C26H33NO2/c1-19(11-16-24-21(3)10-7-17-26(24,4)5)8-6-9-20(2)18-25(29)27-22-12-14-23(28)15-13-22/h6,8-9,11-16,18,28H,7,10,17H2,1-5H3,(H,27,29)/b9-6-,16-11-,19-8+,20-18-/i12D,13D,14D,15D. The van der Waals surface area contributed by atoms with E-state index in [1.165, 1.54) is 30.1 Å². The van der Waals surface area contributed by atoms with Crippen LogP contribution < -0.4 is 5.32 Å². The summed E-state index contributed by atoms with van der Waals surface area (Å²) >= 11 is 0. The maximum atomic E-state index is 12.3. The second-order valence-electron chi connectivity index (χ2n) is 8.14. The molecule has 3 heteroatoms. The highest BCUT2D eigenvalue weighted by Crippen LogP contribution is 2.40. The third kappa shape index (κ3) is 7.26. The van der Waals surface area contributed by atoms with E-state index < -0.39 is 35.8 Å². The van der Waals surface area contributed by atoms with Crippen LogP contribution in [0.3, 0.4) is 0 Å². The number of amides is 1. The second-order valence-corrected chi connectivity index (χ2v) is 8.14. The van der Waals surface area contributed by atoms with Crippen molar-refractivity contribution in [3.05, 3.63) is 82.9 Å². The van der Waals surface area contributed by atoms with Gasteiger partial charge in [-0.2, -0.15) is 0 Å². The van der Waals surface area contributed by atoms with Gasteiger partial charge in [0.25, 0.3) is 0 Å². The van der Waals surface area contributed by atoms with Crippen molar-refractivity contribution in [2.24, 2.45) is 5.41 Å². The Bertz CT molecular complexity index is 1060. The number of hydrogen-bond donors (Lipinski definition) is 2. The van der Waals surface area contributed by atoms with Crippen LogP contribution in [-0.2, 0) is 4.79 Å². The lowest BCUT2D eigenvalue weighted by Crippen LogP contribution is -2.19. The van der Waals surface area contributed by atoms with Crippen LogP contribution in [0.25, 0.3) is 0 Å². The molecule has 0 heterocycles. The molecule has 1 aliphatic carbocycles. The molecule has 1 amide bonds. The lowest BCUT2D eigenvalue weighted by Gasteiger charge is -2.32. The third-order valence-corrected chi connectivity index (χ3v) is 4.99. The average Bonchev–Trinajstić information content (AvgIpc) is 2.73. The van der Waals surface area contributed by atoms with Gasteiger partial charge in [-0.1, -0.05) is 55.4 Å². The number of benzene rings is 1. The average molecular weight is 396 g/mol. The summed E-state index contributed by atoms with van der Waals surface area (Å²) in [6.45, 7) is 10.6. The molecule has 0 fully saturated rings. The third-order valence-electron chi connectivity index (χ3n) is 4.99. The van der Waals surface area contributed by atoms with Gasteiger partial charge < -0.3 is 10.4 Å². The number of allylic oxidation sites excluding steroid dienone is 9. The predicted molar refractivity (Wildman–Crippen MR) is 123 cm³/mol. The molecule has 1 aliphatic rings. The highest BCUT2D eigenvalue weighted by Gasteiger charge is 2.26. The van der Waals surface area contributed by atoms with E-state index in [4.69, 9.17) is 5.48 Å². The quantitative estimate of drug-likeness (QED) is 0.314. The molecule has 0 aliphatic heterocycles. The highest BCUT2D eigenvalue weighted by molar-refractivity contribution is 5.99. The fraction of sp³-hybridized carbons (Fsp3) is 0.346. The number of aromatic hydroxyl groups is 1. The van der Waals surface area contributed by atoms with Crippen LogP contribution in [0.15, 0.2) is 82.9 Å². The molecule has 154 valence electrons. The van der Waals surface area contributed by atoms with Gasteiger partial charge >= 0.3 is 0 Å². The normalized spacial score (nSPS) is 19.9. The Kier molecular flexibility index (Phi) is 5.95. The molecule has 1 aromatic carbocycles. The van der Waals surface area contributed by atoms with E-state index in [1.54, 1.807) is 13.0 Å². The molecule has 0 radical (unpaired) electrons. The summed E-state index contributed by atoms with van der Waals surface area (Å²) in [6.07, 6.45) is 14.8. The van der Waals surface area contributed by atoms with E-state index in [0.29, 0.717) is 5.57 Å². The molecule has 29 heavy (non-hydrogen) atoms. The van der Waals surface area contributed by atoms with Gasteiger partial charge in [0.15, 0.2) is 0 Å². The molecule has 0 bridgehead atoms. The SMILES string of the molecule is [2H]c1c([2H])c(NC(=O)\C=C(C)/C=C\C=C(C)\C=C/C2=C(C)CCCC2(C)C)c([2H])c([2H])c1O. The van der Waals surface area contributed by atoms with Crippen molar-refractivity contribution in [1.29, 1.82) is 0 Å². The van der Waals surface area contributed by atoms with Crippen LogP contribution >= 0.6 is 0 Å². The van der Waals surface area contributed by atoms with E-state index in [1.807, 2.05) is 19.1 Å². The van der Waals surface area contributed by atoms with E-state index in [-0.39, 0.29) is 11.1 Å². The Hall–Kier alpha value is -2.81. The van der Waals surface area contributed by atoms with Gasteiger partial charge in [-0.25, -0.2) is 0 Å². The summed E-state index contributed by atoms with van der Waals surface area (Å²) in [5.74, 6) is -1.32. The van der Waals surface area contributed by atoms with Crippen molar-refractivity contribution < 1.29 is 15.4 Å². The summed E-state index contributed by atoms with van der Waals surface area (Å²) in [5, 5.41) is 12.0. The molecule has 2 N–H and O–H groups in total. The maximum absolute atomic E-state index is 12.3. The van der Waals surface area contributed by atoms with Crippen LogP contribution in [0.2, 0.25) is 0 Å². The van der Waals surface area contributed by atoms with Gasteiger partial charge in [0.05, 0.1) is 5.48 Å². The van der Waals surface area contributed by atoms with Gasteiger partial charge in [-0.15, -0.1) is 0 Å². The number of hydrogen-bond acceptors (Lipinski definition) is 2. The summed E-state index contributed by atoms with van der Waals surface area (Å²) in [4.78, 5) is 12.3. The van der Waals surface area contributed by atoms with Crippen molar-refractivity contribution in [2.75, 3.05) is 5.32 Å². The Morgan fingerprint density at radius 3 is 2.52 bits per heavy atom. The van der Waals surface area contributed by atoms with Crippen molar-refractivity contribution >= 4 is 11.6 Å². The van der Waals surface area contributed by atoms with Crippen LogP contribution in [-0.4, -0.2) is 11.0 Å². The second kappa shape index (κ2) is 10.1. The number of anilines is 1. The Balaban J connectivity index is 2.08. The largest absolute Gasteiger partial charge is 0.508 e. The minimum atomic E-state index is -0.743. The maximum Gasteiger partial charge on any atom is 0.248 e. The van der Waals surface area contributed by atoms with Crippen LogP contribution in [0.1, 0.15) is 59.4 Å². The van der Waals surface area contributed by atoms with Crippen molar-refractivity contribution in [1.82, 2.24) is 0 Å². The molecule has 0 aromatic heterocycles. The molecule has 1 aromatic rings. The summed E-state index contributed by atoms with van der Waals surface area (Å²) in [6, 6.07) is -2.19. The van der Waals surface area contributed by atoms with Crippen LogP contribution in [0.5, 0.6) is 5.75 Å². The van der Waals surface area contributed by atoms with Crippen LogP contribution in [0.4, 0.5) is 5.69 Å². The number of carbonyl (C=O) groups excluding carboxylic acids is 1. The zero-order chi connectivity index (χ0) is 24.9. The first-order valence-electron chi connectivity index (χ1n) is 11.9. The molecule has 3 nitrogen and oxygen atoms in total. The zero-order valence-electron chi connectivity index (χ0n) is 21.9. The van der Waals surface area contributed by atoms with Crippen molar-refractivity contribution in [2.45, 2.75) is 53.9 Å². The topological polar surface area (TPSA) is 49.3 Å². The first-order chi connectivity index (χ1) is 15.3. The molecular formula is C26H33NO2. The summed E-state index contributed by atoms with van der Waals surface area (Å²) in [7, 11) is 0. The van der Waals surface area contributed by atoms with E-state index in [2.05, 4.69) is 38.2 Å². The van der Waals surface area contributed by atoms with Gasteiger partial charge in [0.1, 0.15) is 5.75 Å². The number of rotatable bonds is 6. The molecular weight excluding hydrogens is 358 g/mol. The fourth-order valence-corrected chi connectivity index (χ4v) is 3.41.